The first kappa shape index (κ1) is 30.1. The molecule has 3 aromatic rings. The fourth-order valence-corrected chi connectivity index (χ4v) is 4.54. The van der Waals surface area contributed by atoms with Crippen molar-refractivity contribution in [2.75, 3.05) is 19.8 Å². The van der Waals surface area contributed by atoms with Gasteiger partial charge in [0, 0.05) is 24.1 Å². The van der Waals surface area contributed by atoms with Crippen LogP contribution in [0.1, 0.15) is 74.0 Å². The van der Waals surface area contributed by atoms with Crippen molar-refractivity contribution in [2.24, 2.45) is 0 Å². The zero-order valence-corrected chi connectivity index (χ0v) is 24.4. The lowest BCUT2D eigenvalue weighted by atomic mass is 9.85. The van der Waals surface area contributed by atoms with Gasteiger partial charge < -0.3 is 23.9 Å². The monoisotopic (exact) mass is 605 g/mol. The molecule has 0 bridgehead atoms. The molecule has 2 aromatic carbocycles. The van der Waals surface area contributed by atoms with Gasteiger partial charge in [-0.25, -0.2) is 9.37 Å². The molecule has 210 valence electrons. The first-order valence-corrected chi connectivity index (χ1v) is 12.6. The molecule has 0 saturated heterocycles. The summed E-state index contributed by atoms with van der Waals surface area (Å²) in [6.45, 7) is 10.1. The number of carboxylic acids is 1. The maximum absolute atomic E-state index is 15.4. The molecule has 4 rings (SSSR count). The summed E-state index contributed by atoms with van der Waals surface area (Å²) in [7, 11) is 0. The Morgan fingerprint density at radius 1 is 1.18 bits per heavy atom. The Hall–Kier alpha value is -3.47. The number of ether oxygens (including phenoxy) is 2. The standard InChI is InChI=1S/C28H32FN3O6.BrH/c1-6-36-20-12-16-13-32(27(30)23(16)24(29)26(20)37-7-2)14-19(33)15-10-17(28(3,4)5)25-18(11-15)31-21(38-25)8-9-22(34)35;/h10-12,30H,6-9,13-14H2,1-5H3,(H,34,35);1H. The van der Waals surface area contributed by atoms with Gasteiger partial charge in [0.05, 0.1) is 31.7 Å². The number of halogens is 2. The number of fused-ring (bicyclic) bond motifs is 2. The van der Waals surface area contributed by atoms with E-state index in [9.17, 15) is 9.59 Å². The summed E-state index contributed by atoms with van der Waals surface area (Å²) in [6.07, 6.45) is 0.0206. The number of aryl methyl sites for hydroxylation is 1. The summed E-state index contributed by atoms with van der Waals surface area (Å²) in [5, 5.41) is 17.6. The minimum atomic E-state index is -0.952. The van der Waals surface area contributed by atoms with Gasteiger partial charge in [0.25, 0.3) is 0 Å². The molecule has 0 saturated carbocycles. The second-order valence-corrected chi connectivity index (χ2v) is 10.2. The maximum atomic E-state index is 15.4. The first-order valence-electron chi connectivity index (χ1n) is 12.6. The molecule has 1 aliphatic heterocycles. The Morgan fingerprint density at radius 3 is 2.49 bits per heavy atom. The van der Waals surface area contributed by atoms with E-state index in [0.717, 1.165) is 5.56 Å². The van der Waals surface area contributed by atoms with Gasteiger partial charge in [0.15, 0.2) is 34.6 Å². The molecule has 11 heteroatoms. The Balaban J connectivity index is 0.00000420. The number of aliphatic carboxylic acids is 1. The van der Waals surface area contributed by atoms with Gasteiger partial charge in [-0.1, -0.05) is 20.8 Å². The largest absolute Gasteiger partial charge is 0.490 e. The molecule has 39 heavy (non-hydrogen) atoms. The van der Waals surface area contributed by atoms with E-state index < -0.39 is 11.8 Å². The lowest BCUT2D eigenvalue weighted by molar-refractivity contribution is -0.137. The lowest BCUT2D eigenvalue weighted by Gasteiger charge is -2.21. The molecule has 0 atom stereocenters. The number of hydrogen-bond donors (Lipinski definition) is 2. The Labute approximate surface area is 236 Å². The predicted molar refractivity (Wildman–Crippen MR) is 149 cm³/mol. The van der Waals surface area contributed by atoms with Crippen LogP contribution in [0.15, 0.2) is 22.6 Å². The molecule has 0 fully saturated rings. The normalized spacial score (nSPS) is 12.9. The Bertz CT molecular complexity index is 1430. The average Bonchev–Trinajstić information content (AvgIpc) is 3.39. The number of hydrogen-bond acceptors (Lipinski definition) is 7. The van der Waals surface area contributed by atoms with Gasteiger partial charge in [0.1, 0.15) is 11.4 Å². The van der Waals surface area contributed by atoms with Crippen molar-refractivity contribution in [1.29, 1.82) is 5.41 Å². The molecular formula is C28H33BrFN3O6. The van der Waals surface area contributed by atoms with Crippen molar-refractivity contribution >= 4 is 45.7 Å². The number of ketones is 1. The number of nitrogens with one attached hydrogen (secondary N) is 1. The van der Waals surface area contributed by atoms with Crippen LogP contribution in [0.3, 0.4) is 0 Å². The van der Waals surface area contributed by atoms with Gasteiger partial charge in [-0.2, -0.15) is 0 Å². The van der Waals surface area contributed by atoms with Crippen LogP contribution >= 0.6 is 17.0 Å². The van der Waals surface area contributed by atoms with Gasteiger partial charge in [-0.15, -0.1) is 17.0 Å². The van der Waals surface area contributed by atoms with Crippen molar-refractivity contribution in [3.63, 3.8) is 0 Å². The number of oxazole rings is 1. The van der Waals surface area contributed by atoms with Crippen LogP contribution in [0.25, 0.3) is 11.1 Å². The summed E-state index contributed by atoms with van der Waals surface area (Å²) >= 11 is 0. The molecule has 2 N–H and O–H groups in total. The summed E-state index contributed by atoms with van der Waals surface area (Å²) in [5.74, 6) is -1.44. The number of carboxylic acid groups (broad SMARTS) is 1. The van der Waals surface area contributed by atoms with Crippen LogP contribution in [0, 0.1) is 11.2 Å². The Morgan fingerprint density at radius 2 is 1.87 bits per heavy atom. The zero-order chi connectivity index (χ0) is 27.8. The molecule has 0 spiro atoms. The quantitative estimate of drug-likeness (QED) is 0.283. The maximum Gasteiger partial charge on any atom is 0.303 e. The van der Waals surface area contributed by atoms with Crippen LogP contribution in [-0.2, 0) is 23.2 Å². The van der Waals surface area contributed by atoms with Crippen molar-refractivity contribution in [2.45, 2.75) is 59.4 Å². The van der Waals surface area contributed by atoms with Crippen molar-refractivity contribution in [1.82, 2.24) is 9.88 Å². The van der Waals surface area contributed by atoms with Gasteiger partial charge in [-0.3, -0.25) is 15.0 Å². The van der Waals surface area contributed by atoms with E-state index in [0.29, 0.717) is 34.7 Å². The second-order valence-electron chi connectivity index (χ2n) is 10.2. The summed E-state index contributed by atoms with van der Waals surface area (Å²) < 4.78 is 32.3. The highest BCUT2D eigenvalue weighted by Crippen LogP contribution is 2.39. The smallest absolute Gasteiger partial charge is 0.303 e. The molecule has 0 amide bonds. The minimum Gasteiger partial charge on any atom is -0.490 e. The predicted octanol–water partition coefficient (Wildman–Crippen LogP) is 5.68. The second kappa shape index (κ2) is 11.7. The average molecular weight is 606 g/mol. The van der Waals surface area contributed by atoms with E-state index >= 15 is 4.39 Å². The molecular weight excluding hydrogens is 573 g/mol. The SMILES string of the molecule is Br.CCOc1cc2c(c(F)c1OCC)C(=N)N(CC(=O)c1cc(C(C)(C)C)c3oc(CCC(=O)O)nc3c1)C2. The van der Waals surface area contributed by atoms with Crippen molar-refractivity contribution < 1.29 is 33.0 Å². The van der Waals surface area contributed by atoms with E-state index in [4.69, 9.17) is 24.4 Å². The lowest BCUT2D eigenvalue weighted by Crippen LogP contribution is -2.30. The minimum absolute atomic E-state index is 0. The highest BCUT2D eigenvalue weighted by Gasteiger charge is 2.33. The molecule has 0 unspecified atom stereocenters. The highest BCUT2D eigenvalue weighted by atomic mass is 79.9. The number of carbonyl (C=O) groups is 2. The fraction of sp³-hybridized carbons (Fsp3) is 0.429. The molecule has 1 aliphatic rings. The van der Waals surface area contributed by atoms with Crippen LogP contribution in [0.5, 0.6) is 11.5 Å². The third-order valence-corrected chi connectivity index (χ3v) is 6.32. The van der Waals surface area contributed by atoms with E-state index in [-0.39, 0.29) is 83.6 Å². The molecule has 9 nitrogen and oxygen atoms in total. The summed E-state index contributed by atoms with van der Waals surface area (Å²) in [6, 6.07) is 5.04. The number of benzene rings is 2. The zero-order valence-electron chi connectivity index (χ0n) is 22.6. The van der Waals surface area contributed by atoms with E-state index in [1.54, 1.807) is 32.0 Å². The number of rotatable bonds is 10. The van der Waals surface area contributed by atoms with E-state index in [1.165, 1.54) is 4.90 Å². The fourth-order valence-electron chi connectivity index (χ4n) is 4.54. The van der Waals surface area contributed by atoms with Gasteiger partial charge >= 0.3 is 5.97 Å². The molecule has 0 aliphatic carbocycles. The summed E-state index contributed by atoms with van der Waals surface area (Å²) in [4.78, 5) is 30.4. The number of Topliss-reactive ketones (excluding diaryl/α,β-unsaturated/α-hetero) is 1. The topological polar surface area (TPSA) is 126 Å². The highest BCUT2D eigenvalue weighted by molar-refractivity contribution is 8.93. The van der Waals surface area contributed by atoms with Crippen LogP contribution in [0.4, 0.5) is 4.39 Å². The molecule has 0 radical (unpaired) electrons. The molecule has 2 heterocycles. The van der Waals surface area contributed by atoms with Crippen LogP contribution in [0.2, 0.25) is 0 Å². The third-order valence-electron chi connectivity index (χ3n) is 6.32. The van der Waals surface area contributed by atoms with Crippen LogP contribution < -0.4 is 9.47 Å². The van der Waals surface area contributed by atoms with Gasteiger partial charge in [0.2, 0.25) is 0 Å². The van der Waals surface area contributed by atoms with E-state index in [1.807, 2.05) is 20.8 Å². The van der Waals surface area contributed by atoms with Gasteiger partial charge in [-0.05, 0) is 43.0 Å². The first-order chi connectivity index (χ1) is 17.9. The van der Waals surface area contributed by atoms with Crippen LogP contribution in [-0.4, -0.2) is 52.3 Å². The third kappa shape index (κ3) is 6.08. The van der Waals surface area contributed by atoms with Crippen molar-refractivity contribution in [3.8, 4) is 11.5 Å². The number of aromatic nitrogens is 1. The summed E-state index contributed by atoms with van der Waals surface area (Å²) in [5.41, 5.74) is 2.41. The number of nitrogens with zero attached hydrogens (tertiary/aromatic N) is 2. The number of amidine groups is 1. The number of carbonyl (C=O) groups excluding carboxylic acids is 1. The van der Waals surface area contributed by atoms with E-state index in [2.05, 4.69) is 4.98 Å². The van der Waals surface area contributed by atoms with Crippen molar-refractivity contribution in [3.05, 3.63) is 52.2 Å². The Kier molecular flexibility index (Phi) is 9.05. The molecule has 1 aromatic heterocycles.